The molecule has 0 aromatic carbocycles. The molecule has 0 saturated carbocycles. The second kappa shape index (κ2) is 41.5. The number of likely N-dealkylation sites (N-methyl/N-ethyl adjacent to an activating group) is 1. The standard InChI is InChI=1S/C50H85NO8/c1-6-8-10-12-14-16-17-18-19-20-21-22-23-24-25-26-27-28-29-30-31-33-35-37-39-41-48(53)59-46(45-58-50(49(54)55)56-43-42-51(3,4)5)44-57-47(52)40-38-36-34-32-15-13-11-9-7-2/h8,10,14,16,18-19,21-22,24-25,27-28,46,50H,6-7,9,11-13,15,17,20,23,26,29-45H2,1-5H3/p+1/b10-8-,16-14-,19-18-,22-21-,25-24-,28-27-. The third-order valence-corrected chi connectivity index (χ3v) is 9.48. The monoisotopic (exact) mass is 829 g/mol. The maximum absolute atomic E-state index is 12.8. The van der Waals surface area contributed by atoms with Gasteiger partial charge in [-0.3, -0.25) is 9.59 Å². The van der Waals surface area contributed by atoms with Crippen molar-refractivity contribution in [2.45, 2.75) is 180 Å². The molecule has 0 fully saturated rings. The molecule has 0 rings (SSSR count). The molecule has 0 saturated heterocycles. The SMILES string of the molecule is CC/C=C\C/C=C\C/C=C\C/C=C\C/C=C\C/C=C\CCCCCCCCC(=O)OC(COC(=O)CCCCCCCCCCC)COC(OCC[N+](C)(C)C)C(=O)O. The van der Waals surface area contributed by atoms with Crippen LogP contribution in [-0.2, 0) is 33.3 Å². The molecule has 1 N–H and O–H groups in total. The van der Waals surface area contributed by atoms with E-state index in [9.17, 15) is 19.5 Å². The number of carboxylic acids is 1. The van der Waals surface area contributed by atoms with Crippen molar-refractivity contribution in [3.05, 3.63) is 72.9 Å². The smallest absolute Gasteiger partial charge is 0.361 e. The summed E-state index contributed by atoms with van der Waals surface area (Å²) in [5, 5.41) is 9.62. The Balaban J connectivity index is 4.36. The van der Waals surface area contributed by atoms with Gasteiger partial charge in [0.05, 0.1) is 34.4 Å². The van der Waals surface area contributed by atoms with Gasteiger partial charge in [0, 0.05) is 12.8 Å². The van der Waals surface area contributed by atoms with E-state index in [1.807, 2.05) is 21.1 Å². The van der Waals surface area contributed by atoms with E-state index in [0.29, 0.717) is 23.9 Å². The highest BCUT2D eigenvalue weighted by atomic mass is 16.7. The van der Waals surface area contributed by atoms with Crippen LogP contribution in [0.25, 0.3) is 0 Å². The van der Waals surface area contributed by atoms with E-state index in [2.05, 4.69) is 86.8 Å². The summed E-state index contributed by atoms with van der Waals surface area (Å²) in [6, 6.07) is 0. The number of hydrogen-bond acceptors (Lipinski definition) is 7. The van der Waals surface area contributed by atoms with E-state index in [1.54, 1.807) is 0 Å². The van der Waals surface area contributed by atoms with Crippen molar-refractivity contribution in [2.24, 2.45) is 0 Å². The number of carbonyl (C=O) groups excluding carboxylic acids is 2. The minimum Gasteiger partial charge on any atom is -0.477 e. The zero-order valence-corrected chi connectivity index (χ0v) is 38.1. The average molecular weight is 829 g/mol. The van der Waals surface area contributed by atoms with Crippen molar-refractivity contribution in [1.82, 2.24) is 0 Å². The van der Waals surface area contributed by atoms with Gasteiger partial charge in [-0.2, -0.15) is 0 Å². The van der Waals surface area contributed by atoms with Crippen LogP contribution in [0, 0.1) is 0 Å². The second-order valence-electron chi connectivity index (χ2n) is 16.3. The fourth-order valence-corrected chi connectivity index (χ4v) is 5.90. The lowest BCUT2D eigenvalue weighted by atomic mass is 10.1. The second-order valence-corrected chi connectivity index (χ2v) is 16.3. The van der Waals surface area contributed by atoms with Gasteiger partial charge in [-0.1, -0.05) is 164 Å². The van der Waals surface area contributed by atoms with Crippen LogP contribution in [-0.4, -0.2) is 87.4 Å². The van der Waals surface area contributed by atoms with Gasteiger partial charge >= 0.3 is 17.9 Å². The normalized spacial score (nSPS) is 13.6. The first-order valence-electron chi connectivity index (χ1n) is 23.1. The molecular formula is C50H86NO8+. The lowest BCUT2D eigenvalue weighted by Gasteiger charge is -2.25. The summed E-state index contributed by atoms with van der Waals surface area (Å²) < 4.78 is 22.7. The van der Waals surface area contributed by atoms with Crippen molar-refractivity contribution < 1.29 is 42.9 Å². The fourth-order valence-electron chi connectivity index (χ4n) is 5.90. The highest BCUT2D eigenvalue weighted by molar-refractivity contribution is 5.71. The van der Waals surface area contributed by atoms with Crippen LogP contribution in [0.3, 0.4) is 0 Å². The van der Waals surface area contributed by atoms with Gasteiger partial charge in [0.1, 0.15) is 13.2 Å². The lowest BCUT2D eigenvalue weighted by Crippen LogP contribution is -2.40. The third-order valence-electron chi connectivity index (χ3n) is 9.48. The molecule has 0 spiro atoms. The number of unbranched alkanes of at least 4 members (excludes halogenated alkanes) is 14. The predicted molar refractivity (Wildman–Crippen MR) is 244 cm³/mol. The molecule has 338 valence electrons. The lowest BCUT2D eigenvalue weighted by molar-refractivity contribution is -0.870. The van der Waals surface area contributed by atoms with Crippen LogP contribution in [0.2, 0.25) is 0 Å². The Morgan fingerprint density at radius 1 is 0.525 bits per heavy atom. The van der Waals surface area contributed by atoms with Crippen LogP contribution < -0.4 is 0 Å². The number of rotatable bonds is 41. The Kier molecular flexibility index (Phi) is 39.2. The number of esters is 2. The summed E-state index contributed by atoms with van der Waals surface area (Å²) in [7, 11) is 5.94. The van der Waals surface area contributed by atoms with E-state index in [4.69, 9.17) is 18.9 Å². The van der Waals surface area contributed by atoms with Crippen molar-refractivity contribution in [3.63, 3.8) is 0 Å². The Morgan fingerprint density at radius 3 is 1.44 bits per heavy atom. The molecule has 0 heterocycles. The van der Waals surface area contributed by atoms with E-state index >= 15 is 0 Å². The molecule has 0 aromatic heterocycles. The maximum atomic E-state index is 12.8. The van der Waals surface area contributed by atoms with E-state index in [0.717, 1.165) is 96.3 Å². The fraction of sp³-hybridized carbons (Fsp3) is 0.700. The van der Waals surface area contributed by atoms with Gasteiger partial charge in [0.2, 0.25) is 0 Å². The molecule has 0 aliphatic rings. The van der Waals surface area contributed by atoms with Crippen molar-refractivity contribution in [3.8, 4) is 0 Å². The zero-order valence-electron chi connectivity index (χ0n) is 38.1. The Bertz CT molecular complexity index is 1200. The predicted octanol–water partition coefficient (Wildman–Crippen LogP) is 12.3. The summed E-state index contributed by atoms with van der Waals surface area (Å²) in [4.78, 5) is 37.0. The number of hydrogen-bond donors (Lipinski definition) is 1. The highest BCUT2D eigenvalue weighted by Gasteiger charge is 2.25. The first-order valence-corrected chi connectivity index (χ1v) is 23.1. The quantitative estimate of drug-likeness (QED) is 0.0213. The molecule has 9 heteroatoms. The van der Waals surface area contributed by atoms with Gasteiger partial charge in [-0.05, 0) is 64.2 Å². The Morgan fingerprint density at radius 2 is 0.966 bits per heavy atom. The van der Waals surface area contributed by atoms with Crippen molar-refractivity contribution in [1.29, 1.82) is 0 Å². The number of carbonyl (C=O) groups is 3. The largest absolute Gasteiger partial charge is 0.477 e. The molecule has 9 nitrogen and oxygen atoms in total. The summed E-state index contributed by atoms with van der Waals surface area (Å²) in [5.74, 6) is -2.04. The van der Waals surface area contributed by atoms with Crippen LogP contribution in [0.15, 0.2) is 72.9 Å². The van der Waals surface area contributed by atoms with Gasteiger partial charge in [0.25, 0.3) is 6.29 Å². The number of aliphatic carboxylic acids is 1. The van der Waals surface area contributed by atoms with Gasteiger partial charge in [0.15, 0.2) is 6.10 Å². The van der Waals surface area contributed by atoms with E-state index in [-0.39, 0.29) is 32.2 Å². The molecule has 0 aliphatic carbocycles. The molecule has 0 aliphatic heterocycles. The van der Waals surface area contributed by atoms with Gasteiger partial charge < -0.3 is 28.5 Å². The average Bonchev–Trinajstić information content (AvgIpc) is 3.19. The molecule has 0 radical (unpaired) electrons. The molecular weight excluding hydrogens is 743 g/mol. The molecule has 59 heavy (non-hydrogen) atoms. The van der Waals surface area contributed by atoms with Crippen LogP contribution in [0.4, 0.5) is 0 Å². The highest BCUT2D eigenvalue weighted by Crippen LogP contribution is 2.13. The minimum absolute atomic E-state index is 0.182. The number of nitrogens with zero attached hydrogens (tertiary/aromatic N) is 1. The van der Waals surface area contributed by atoms with Crippen LogP contribution in [0.1, 0.15) is 168 Å². The first-order chi connectivity index (χ1) is 28.6. The van der Waals surface area contributed by atoms with Crippen LogP contribution in [0.5, 0.6) is 0 Å². The van der Waals surface area contributed by atoms with E-state index < -0.39 is 24.3 Å². The number of allylic oxidation sites excluding steroid dienone is 12. The number of ether oxygens (including phenoxy) is 4. The zero-order chi connectivity index (χ0) is 43.5. The van der Waals surface area contributed by atoms with Gasteiger partial charge in [-0.25, -0.2) is 4.79 Å². The van der Waals surface area contributed by atoms with E-state index in [1.165, 1.54) is 38.5 Å². The molecule has 0 bridgehead atoms. The third kappa shape index (κ3) is 42.7. The number of carboxylic acid groups (broad SMARTS) is 1. The summed E-state index contributed by atoms with van der Waals surface area (Å²) in [5.41, 5.74) is 0. The maximum Gasteiger partial charge on any atom is 0.361 e. The Labute approximate surface area is 360 Å². The summed E-state index contributed by atoms with van der Waals surface area (Å²) in [6.07, 6.45) is 48.3. The molecule has 0 amide bonds. The topological polar surface area (TPSA) is 108 Å². The Hall–Kier alpha value is -3.27. The van der Waals surface area contributed by atoms with Crippen molar-refractivity contribution in [2.75, 3.05) is 47.5 Å². The van der Waals surface area contributed by atoms with Crippen LogP contribution >= 0.6 is 0 Å². The number of quaternary nitrogens is 1. The molecule has 2 atom stereocenters. The summed E-state index contributed by atoms with van der Waals surface area (Å²) in [6.45, 7) is 4.69. The van der Waals surface area contributed by atoms with Gasteiger partial charge in [-0.15, -0.1) is 0 Å². The molecule has 2 unspecified atom stereocenters. The van der Waals surface area contributed by atoms with Crippen molar-refractivity contribution >= 4 is 17.9 Å². The minimum atomic E-state index is -1.51. The summed E-state index contributed by atoms with van der Waals surface area (Å²) >= 11 is 0. The molecule has 0 aromatic rings. The first kappa shape index (κ1) is 55.7.